The van der Waals surface area contributed by atoms with Crippen molar-refractivity contribution in [1.82, 2.24) is 0 Å². The molecule has 2 N–H and O–H groups in total. The molecule has 0 radical (unpaired) electrons. The molecule has 0 heterocycles. The zero-order valence-corrected chi connectivity index (χ0v) is 11.7. The Morgan fingerprint density at radius 1 is 1.26 bits per heavy atom. The quantitative estimate of drug-likeness (QED) is 0.828. The first kappa shape index (κ1) is 15.2. The third kappa shape index (κ3) is 4.39. The van der Waals surface area contributed by atoms with Crippen LogP contribution in [0.3, 0.4) is 0 Å². The van der Waals surface area contributed by atoms with E-state index in [1.165, 1.54) is 0 Å². The molecule has 0 aliphatic rings. The van der Waals surface area contributed by atoms with Crippen molar-refractivity contribution >= 4 is 17.6 Å². The number of aliphatic carboxylic acids is 1. The van der Waals surface area contributed by atoms with Crippen LogP contribution in [-0.2, 0) is 16.0 Å². The van der Waals surface area contributed by atoms with Crippen LogP contribution in [0.4, 0.5) is 5.69 Å². The Labute approximate surface area is 113 Å². The van der Waals surface area contributed by atoms with Gasteiger partial charge in [0.05, 0.1) is 5.41 Å². The molecular formula is C15H21NO3. The third-order valence-corrected chi connectivity index (χ3v) is 3.23. The van der Waals surface area contributed by atoms with Crippen molar-refractivity contribution < 1.29 is 14.7 Å². The number of nitrogens with one attached hydrogen (secondary N) is 1. The van der Waals surface area contributed by atoms with E-state index in [4.69, 9.17) is 5.11 Å². The van der Waals surface area contributed by atoms with Gasteiger partial charge in [0.1, 0.15) is 0 Å². The predicted octanol–water partition coefficient (Wildman–Crippen LogP) is 3.08. The molecule has 1 rings (SSSR count). The Kier molecular flexibility index (Phi) is 5.10. The molecule has 1 aromatic rings. The van der Waals surface area contributed by atoms with Gasteiger partial charge in [0.15, 0.2) is 0 Å². The Morgan fingerprint density at radius 3 is 2.47 bits per heavy atom. The Morgan fingerprint density at radius 2 is 1.89 bits per heavy atom. The average Bonchev–Trinajstić information content (AvgIpc) is 2.37. The highest BCUT2D eigenvalue weighted by atomic mass is 16.4. The predicted molar refractivity (Wildman–Crippen MR) is 75.1 cm³/mol. The fourth-order valence-electron chi connectivity index (χ4n) is 1.70. The highest BCUT2D eigenvalue weighted by molar-refractivity contribution is 5.91. The fraction of sp³-hybridized carbons (Fsp3) is 0.467. The van der Waals surface area contributed by atoms with Crippen molar-refractivity contribution in [2.24, 2.45) is 5.41 Å². The molecule has 1 amide bonds. The van der Waals surface area contributed by atoms with Gasteiger partial charge in [-0.05, 0) is 38.3 Å². The number of carbonyl (C=O) groups is 2. The molecule has 0 aromatic heterocycles. The number of hydrogen-bond acceptors (Lipinski definition) is 2. The highest BCUT2D eigenvalue weighted by Gasteiger charge is 2.27. The minimum Gasteiger partial charge on any atom is -0.481 e. The highest BCUT2D eigenvalue weighted by Crippen LogP contribution is 2.23. The SMILES string of the molecule is CCc1ccccc1NC(=O)CCC(C)(C)C(=O)O. The molecule has 0 spiro atoms. The summed E-state index contributed by atoms with van der Waals surface area (Å²) in [7, 11) is 0. The van der Waals surface area contributed by atoms with Crippen LogP contribution >= 0.6 is 0 Å². The molecule has 0 saturated carbocycles. The van der Waals surface area contributed by atoms with Crippen LogP contribution < -0.4 is 5.32 Å². The number of hydrogen-bond donors (Lipinski definition) is 2. The first-order valence-electron chi connectivity index (χ1n) is 6.48. The Hall–Kier alpha value is -1.84. The molecule has 0 fully saturated rings. The van der Waals surface area contributed by atoms with Crippen LogP contribution in [0.15, 0.2) is 24.3 Å². The number of carboxylic acids is 1. The zero-order valence-electron chi connectivity index (χ0n) is 11.7. The van der Waals surface area contributed by atoms with Gasteiger partial charge in [-0.15, -0.1) is 0 Å². The number of anilines is 1. The lowest BCUT2D eigenvalue weighted by Crippen LogP contribution is -2.25. The second-order valence-corrected chi connectivity index (χ2v) is 5.25. The topological polar surface area (TPSA) is 66.4 Å². The second-order valence-electron chi connectivity index (χ2n) is 5.25. The van der Waals surface area contributed by atoms with Gasteiger partial charge < -0.3 is 10.4 Å². The molecule has 1 aromatic carbocycles. The maximum atomic E-state index is 11.8. The standard InChI is InChI=1S/C15H21NO3/c1-4-11-7-5-6-8-12(11)16-13(17)9-10-15(2,3)14(18)19/h5-8H,4,9-10H2,1-3H3,(H,16,17)(H,18,19). The lowest BCUT2D eigenvalue weighted by Gasteiger charge is -2.18. The second kappa shape index (κ2) is 6.36. The normalized spacial score (nSPS) is 11.1. The van der Waals surface area contributed by atoms with Crippen molar-refractivity contribution in [3.63, 3.8) is 0 Å². The summed E-state index contributed by atoms with van der Waals surface area (Å²) in [5, 5.41) is 11.8. The number of para-hydroxylation sites is 1. The average molecular weight is 263 g/mol. The molecule has 0 aliphatic heterocycles. The van der Waals surface area contributed by atoms with Gasteiger partial charge in [-0.3, -0.25) is 9.59 Å². The maximum absolute atomic E-state index is 11.8. The monoisotopic (exact) mass is 263 g/mol. The minimum absolute atomic E-state index is 0.143. The molecule has 0 saturated heterocycles. The van der Waals surface area contributed by atoms with Crippen LogP contribution in [-0.4, -0.2) is 17.0 Å². The molecule has 0 bridgehead atoms. The van der Waals surface area contributed by atoms with E-state index in [1.807, 2.05) is 31.2 Å². The number of rotatable bonds is 6. The van der Waals surface area contributed by atoms with E-state index in [-0.39, 0.29) is 12.3 Å². The van der Waals surface area contributed by atoms with Gasteiger partial charge in [-0.2, -0.15) is 0 Å². The summed E-state index contributed by atoms with van der Waals surface area (Å²) >= 11 is 0. The van der Waals surface area contributed by atoms with Crippen molar-refractivity contribution in [1.29, 1.82) is 0 Å². The van der Waals surface area contributed by atoms with Gasteiger partial charge in [-0.25, -0.2) is 0 Å². The molecule has 0 aliphatic carbocycles. The first-order chi connectivity index (χ1) is 8.86. The van der Waals surface area contributed by atoms with Crippen LogP contribution in [0.25, 0.3) is 0 Å². The molecular weight excluding hydrogens is 242 g/mol. The third-order valence-electron chi connectivity index (χ3n) is 3.23. The summed E-state index contributed by atoms with van der Waals surface area (Å²) < 4.78 is 0. The van der Waals surface area contributed by atoms with Crippen molar-refractivity contribution in [3.8, 4) is 0 Å². The van der Waals surface area contributed by atoms with Gasteiger partial charge in [-0.1, -0.05) is 25.1 Å². The summed E-state index contributed by atoms with van der Waals surface area (Å²) in [6.07, 6.45) is 1.37. The Balaban J connectivity index is 2.59. The van der Waals surface area contributed by atoms with Gasteiger partial charge in [0, 0.05) is 12.1 Å². The van der Waals surface area contributed by atoms with E-state index in [1.54, 1.807) is 13.8 Å². The summed E-state index contributed by atoms with van der Waals surface area (Å²) in [5.41, 5.74) is 1.01. The number of benzene rings is 1. The summed E-state index contributed by atoms with van der Waals surface area (Å²) in [5.74, 6) is -1.02. The van der Waals surface area contributed by atoms with Crippen molar-refractivity contribution in [2.45, 2.75) is 40.0 Å². The van der Waals surface area contributed by atoms with E-state index in [0.29, 0.717) is 6.42 Å². The molecule has 0 atom stereocenters. The summed E-state index contributed by atoms with van der Waals surface area (Å²) in [4.78, 5) is 22.8. The smallest absolute Gasteiger partial charge is 0.309 e. The van der Waals surface area contributed by atoms with E-state index < -0.39 is 11.4 Å². The van der Waals surface area contributed by atoms with Gasteiger partial charge in [0.2, 0.25) is 5.91 Å². The number of amides is 1. The molecule has 4 nitrogen and oxygen atoms in total. The van der Waals surface area contributed by atoms with E-state index in [9.17, 15) is 9.59 Å². The lowest BCUT2D eigenvalue weighted by atomic mass is 9.88. The van der Waals surface area contributed by atoms with Crippen LogP contribution in [0.2, 0.25) is 0 Å². The Bertz CT molecular complexity index is 466. The van der Waals surface area contributed by atoms with E-state index >= 15 is 0 Å². The molecule has 0 unspecified atom stereocenters. The number of carbonyl (C=O) groups excluding carboxylic acids is 1. The molecule has 4 heteroatoms. The number of carboxylic acid groups (broad SMARTS) is 1. The zero-order chi connectivity index (χ0) is 14.5. The number of aryl methyl sites for hydroxylation is 1. The maximum Gasteiger partial charge on any atom is 0.309 e. The van der Waals surface area contributed by atoms with Crippen LogP contribution in [0, 0.1) is 5.41 Å². The largest absolute Gasteiger partial charge is 0.481 e. The summed E-state index contributed by atoms with van der Waals surface area (Å²) in [6.45, 7) is 5.28. The van der Waals surface area contributed by atoms with Crippen molar-refractivity contribution in [2.75, 3.05) is 5.32 Å². The fourth-order valence-corrected chi connectivity index (χ4v) is 1.70. The lowest BCUT2D eigenvalue weighted by molar-refractivity contribution is -0.147. The summed E-state index contributed by atoms with van der Waals surface area (Å²) in [6, 6.07) is 7.63. The van der Waals surface area contributed by atoms with E-state index in [0.717, 1.165) is 17.7 Å². The van der Waals surface area contributed by atoms with Gasteiger partial charge in [0.25, 0.3) is 0 Å². The molecule has 19 heavy (non-hydrogen) atoms. The van der Waals surface area contributed by atoms with E-state index in [2.05, 4.69) is 5.32 Å². The van der Waals surface area contributed by atoms with Crippen molar-refractivity contribution in [3.05, 3.63) is 29.8 Å². The first-order valence-corrected chi connectivity index (χ1v) is 6.48. The molecule has 104 valence electrons. The van der Waals surface area contributed by atoms with Crippen LogP contribution in [0.1, 0.15) is 39.2 Å². The van der Waals surface area contributed by atoms with Gasteiger partial charge >= 0.3 is 5.97 Å². The van der Waals surface area contributed by atoms with Crippen LogP contribution in [0.5, 0.6) is 0 Å². The minimum atomic E-state index is -0.880.